The van der Waals surface area contributed by atoms with Gasteiger partial charge in [-0.15, -0.1) is 0 Å². The second-order valence-electron chi connectivity index (χ2n) is 6.95. The summed E-state index contributed by atoms with van der Waals surface area (Å²) in [6.45, 7) is 10.3. The summed E-state index contributed by atoms with van der Waals surface area (Å²) in [6.07, 6.45) is 2.85. The largest absolute Gasteiger partial charge is 0.490 e. The van der Waals surface area contributed by atoms with Crippen LogP contribution < -0.4 is 23.5 Å². The number of aryl methyl sites for hydroxylation is 1. The number of benzene rings is 2. The van der Waals surface area contributed by atoms with Crippen LogP contribution in [0.3, 0.4) is 0 Å². The zero-order valence-electron chi connectivity index (χ0n) is 18.7. The van der Waals surface area contributed by atoms with Crippen LogP contribution in [0, 0.1) is 0 Å². The Hall–Kier alpha value is -2.95. The van der Waals surface area contributed by atoms with Gasteiger partial charge in [-0.3, -0.25) is 0 Å². The molecule has 5 nitrogen and oxygen atoms in total. The van der Waals surface area contributed by atoms with Crippen molar-refractivity contribution in [1.82, 2.24) is 0 Å². The maximum absolute atomic E-state index is 5.87. The van der Waals surface area contributed by atoms with Gasteiger partial charge in [-0.1, -0.05) is 6.07 Å². The molecule has 1 heterocycles. The van der Waals surface area contributed by atoms with Crippen molar-refractivity contribution in [2.24, 2.45) is 7.05 Å². The summed E-state index contributed by atoms with van der Waals surface area (Å²) in [7, 11) is 2.07. The molecule has 0 amide bonds. The van der Waals surface area contributed by atoms with E-state index in [9.17, 15) is 0 Å². The average molecular weight is 411 g/mol. The minimum absolute atomic E-state index is 0.594. The topological polar surface area (TPSA) is 40.8 Å². The van der Waals surface area contributed by atoms with Crippen molar-refractivity contribution in [2.75, 3.05) is 26.4 Å². The monoisotopic (exact) mass is 410 g/mol. The van der Waals surface area contributed by atoms with Crippen molar-refractivity contribution in [2.45, 2.75) is 34.1 Å². The first-order valence-electron chi connectivity index (χ1n) is 10.7. The lowest BCUT2D eigenvalue weighted by Gasteiger charge is -2.14. The molecule has 0 unspecified atom stereocenters. The number of rotatable bonds is 10. The fourth-order valence-corrected chi connectivity index (χ4v) is 3.59. The molecule has 0 saturated carbocycles. The van der Waals surface area contributed by atoms with E-state index in [1.54, 1.807) is 0 Å². The molecule has 3 rings (SSSR count). The number of hydrogen-bond donors (Lipinski definition) is 0. The van der Waals surface area contributed by atoms with Crippen LogP contribution in [0.1, 0.15) is 39.0 Å². The second kappa shape index (κ2) is 10.2. The van der Waals surface area contributed by atoms with Gasteiger partial charge in [0.05, 0.1) is 38.2 Å². The van der Waals surface area contributed by atoms with Gasteiger partial charge in [0.25, 0.3) is 0 Å². The number of hydrogen-bond acceptors (Lipinski definition) is 4. The highest BCUT2D eigenvalue weighted by molar-refractivity contribution is 5.87. The zero-order valence-corrected chi connectivity index (χ0v) is 18.7. The highest BCUT2D eigenvalue weighted by Gasteiger charge is 2.18. The lowest BCUT2D eigenvalue weighted by Crippen LogP contribution is -2.33. The Labute approximate surface area is 179 Å². The third-order valence-electron chi connectivity index (χ3n) is 4.91. The third kappa shape index (κ3) is 4.78. The van der Waals surface area contributed by atoms with Gasteiger partial charge in [0.2, 0.25) is 0 Å². The molecule has 5 heteroatoms. The van der Waals surface area contributed by atoms with Gasteiger partial charge < -0.3 is 18.9 Å². The lowest BCUT2D eigenvalue weighted by atomic mass is 10.0. The maximum atomic E-state index is 5.87. The minimum Gasteiger partial charge on any atom is -0.490 e. The first kappa shape index (κ1) is 21.8. The quantitative estimate of drug-likeness (QED) is 0.448. The van der Waals surface area contributed by atoms with Crippen LogP contribution in [0.15, 0.2) is 42.6 Å². The predicted molar refractivity (Wildman–Crippen MR) is 119 cm³/mol. The molecule has 0 atom stereocenters. The highest BCUT2D eigenvalue weighted by Crippen LogP contribution is 2.35. The van der Waals surface area contributed by atoms with E-state index in [2.05, 4.69) is 48.1 Å². The molecule has 0 N–H and O–H groups in total. The van der Waals surface area contributed by atoms with Crippen LogP contribution in [0.4, 0.5) is 0 Å². The number of fused-ring (bicyclic) bond motifs is 1. The molecule has 0 aliphatic rings. The van der Waals surface area contributed by atoms with Crippen molar-refractivity contribution >= 4 is 10.8 Å². The Kier molecular flexibility index (Phi) is 7.39. The molecular weight excluding hydrogens is 378 g/mol. The van der Waals surface area contributed by atoms with Gasteiger partial charge in [-0.05, 0) is 62.9 Å². The van der Waals surface area contributed by atoms with Gasteiger partial charge in [-0.2, -0.15) is 0 Å². The van der Waals surface area contributed by atoms with Crippen LogP contribution in [0.5, 0.6) is 23.0 Å². The van der Waals surface area contributed by atoms with Crippen LogP contribution in [0.25, 0.3) is 10.8 Å². The minimum atomic E-state index is 0.594. The lowest BCUT2D eigenvalue weighted by molar-refractivity contribution is -0.677. The summed E-state index contributed by atoms with van der Waals surface area (Å²) in [5.74, 6) is 3.13. The molecule has 30 heavy (non-hydrogen) atoms. The van der Waals surface area contributed by atoms with E-state index >= 15 is 0 Å². The smallest absolute Gasteiger partial charge is 0.193 e. The Morgan fingerprint density at radius 2 is 1.23 bits per heavy atom. The van der Waals surface area contributed by atoms with Crippen molar-refractivity contribution in [3.05, 3.63) is 53.9 Å². The van der Waals surface area contributed by atoms with Gasteiger partial charge >= 0.3 is 0 Å². The van der Waals surface area contributed by atoms with Crippen LogP contribution in [-0.4, -0.2) is 26.4 Å². The summed E-state index contributed by atoms with van der Waals surface area (Å²) < 4.78 is 25.3. The molecule has 0 bridgehead atoms. The van der Waals surface area contributed by atoms with Gasteiger partial charge in [0.1, 0.15) is 7.05 Å². The first-order chi connectivity index (χ1) is 14.6. The summed E-state index contributed by atoms with van der Waals surface area (Å²) in [4.78, 5) is 0. The second-order valence-corrected chi connectivity index (χ2v) is 6.95. The molecule has 1 aromatic heterocycles. The molecule has 160 valence electrons. The van der Waals surface area contributed by atoms with Crippen LogP contribution in [-0.2, 0) is 13.5 Å². The van der Waals surface area contributed by atoms with E-state index in [4.69, 9.17) is 18.9 Å². The van der Waals surface area contributed by atoms with E-state index in [1.165, 1.54) is 5.69 Å². The van der Waals surface area contributed by atoms with Gasteiger partial charge in [-0.25, -0.2) is 4.57 Å². The Bertz CT molecular complexity index is 1000. The normalized spacial score (nSPS) is 10.8. The molecule has 0 saturated heterocycles. The fraction of sp³-hybridized carbons (Fsp3) is 0.400. The van der Waals surface area contributed by atoms with Crippen LogP contribution >= 0.6 is 0 Å². The van der Waals surface area contributed by atoms with Crippen molar-refractivity contribution in [3.63, 3.8) is 0 Å². The summed E-state index contributed by atoms with van der Waals surface area (Å²) in [5, 5.41) is 2.28. The van der Waals surface area contributed by atoms with E-state index in [0.29, 0.717) is 26.4 Å². The Morgan fingerprint density at radius 1 is 0.667 bits per heavy atom. The van der Waals surface area contributed by atoms with Crippen molar-refractivity contribution in [3.8, 4) is 23.0 Å². The van der Waals surface area contributed by atoms with Crippen molar-refractivity contribution < 1.29 is 23.5 Å². The van der Waals surface area contributed by atoms with E-state index < -0.39 is 0 Å². The molecule has 0 aliphatic carbocycles. The standard InChI is InChI=1S/C25H32NO4/c1-6-27-22-11-10-18(15-23(22)28-7-2)14-21-20-17-25(30-9-4)24(29-8-3)16-19(20)12-13-26(21)5/h10-13,15-17H,6-9,14H2,1-5H3/q+1. The number of nitrogens with zero attached hydrogens (tertiary/aromatic N) is 1. The SMILES string of the molecule is CCOc1ccc(Cc2c3cc(OCC)c(OCC)cc3cc[n+]2C)cc1OCC. The molecule has 0 aliphatic heterocycles. The maximum Gasteiger partial charge on any atom is 0.193 e. The molecule has 0 fully saturated rings. The van der Waals surface area contributed by atoms with Crippen LogP contribution in [0.2, 0.25) is 0 Å². The van der Waals surface area contributed by atoms with Gasteiger partial charge in [0.15, 0.2) is 34.9 Å². The molecule has 3 aromatic rings. The number of aromatic nitrogens is 1. The van der Waals surface area contributed by atoms with E-state index in [-0.39, 0.29) is 0 Å². The predicted octanol–water partition coefficient (Wildman–Crippen LogP) is 4.85. The Morgan fingerprint density at radius 3 is 1.87 bits per heavy atom. The Balaban J connectivity index is 2.05. The summed E-state index contributed by atoms with van der Waals surface area (Å²) in [5.41, 5.74) is 2.36. The summed E-state index contributed by atoms with van der Waals surface area (Å²) in [6, 6.07) is 12.4. The molecule has 0 spiro atoms. The average Bonchev–Trinajstić information content (AvgIpc) is 2.73. The number of pyridine rings is 1. The highest BCUT2D eigenvalue weighted by atomic mass is 16.5. The molecule has 2 aromatic carbocycles. The van der Waals surface area contributed by atoms with Crippen molar-refractivity contribution in [1.29, 1.82) is 0 Å². The van der Waals surface area contributed by atoms with Gasteiger partial charge in [0, 0.05) is 6.07 Å². The van der Waals surface area contributed by atoms with E-state index in [1.807, 2.05) is 33.8 Å². The zero-order chi connectivity index (χ0) is 21.5. The third-order valence-corrected chi connectivity index (χ3v) is 4.91. The molecule has 0 radical (unpaired) electrons. The number of ether oxygens (including phenoxy) is 4. The fourth-order valence-electron chi connectivity index (χ4n) is 3.59. The van der Waals surface area contributed by atoms with E-state index in [0.717, 1.165) is 45.8 Å². The first-order valence-corrected chi connectivity index (χ1v) is 10.7. The summed E-state index contributed by atoms with van der Waals surface area (Å²) >= 11 is 0. The molecular formula is C25H32NO4+.